The lowest BCUT2D eigenvalue weighted by Gasteiger charge is -2.13. The van der Waals surface area contributed by atoms with Gasteiger partial charge in [-0.05, 0) is 36.2 Å². The predicted octanol–water partition coefficient (Wildman–Crippen LogP) is 3.58. The van der Waals surface area contributed by atoms with Crippen LogP contribution in [0.25, 0.3) is 0 Å². The van der Waals surface area contributed by atoms with Crippen LogP contribution in [0.1, 0.15) is 15.9 Å². The number of carbonyl (C=O) groups is 1. The van der Waals surface area contributed by atoms with E-state index in [2.05, 4.69) is 6.58 Å². The smallest absolute Gasteiger partial charge is 0.335 e. The zero-order valence-electron chi connectivity index (χ0n) is 13.5. The van der Waals surface area contributed by atoms with Crippen molar-refractivity contribution in [1.29, 1.82) is 0 Å². The van der Waals surface area contributed by atoms with E-state index in [1.807, 2.05) is 30.3 Å². The summed E-state index contributed by atoms with van der Waals surface area (Å²) in [6.07, 6.45) is 2.56. The Labute approximate surface area is 141 Å². The van der Waals surface area contributed by atoms with E-state index in [-0.39, 0.29) is 5.56 Å². The second-order valence-corrected chi connectivity index (χ2v) is 4.97. The lowest BCUT2D eigenvalue weighted by Crippen LogP contribution is -2.10. The number of hydrogen-bond acceptors (Lipinski definition) is 4. The number of hydrogen-bond donors (Lipinski definition) is 1. The molecule has 0 atom stereocenters. The number of carboxylic acids is 1. The van der Waals surface area contributed by atoms with Gasteiger partial charge in [-0.25, -0.2) is 4.79 Å². The maximum absolute atomic E-state index is 11.0. The third-order valence-corrected chi connectivity index (χ3v) is 3.35. The van der Waals surface area contributed by atoms with Crippen molar-refractivity contribution in [2.75, 3.05) is 20.3 Å². The standard InChI is InChI=1S/C19H20O5/c1-3-6-14-7-4-5-8-16(14)23-11-12-24-17-10-9-15(19(20)21)13-18(17)22-2/h3-5,7-10,13H,1,6,11-12H2,2H3,(H,20,21). The van der Waals surface area contributed by atoms with Crippen molar-refractivity contribution in [3.8, 4) is 17.2 Å². The van der Waals surface area contributed by atoms with E-state index in [0.29, 0.717) is 24.7 Å². The fourth-order valence-electron chi connectivity index (χ4n) is 2.19. The van der Waals surface area contributed by atoms with Gasteiger partial charge in [0.25, 0.3) is 0 Å². The van der Waals surface area contributed by atoms with Gasteiger partial charge < -0.3 is 19.3 Å². The molecule has 5 heteroatoms. The van der Waals surface area contributed by atoms with Crippen LogP contribution in [0, 0.1) is 0 Å². The molecule has 0 saturated heterocycles. The van der Waals surface area contributed by atoms with Crippen LogP contribution >= 0.6 is 0 Å². The van der Waals surface area contributed by atoms with Gasteiger partial charge in [0.1, 0.15) is 19.0 Å². The van der Waals surface area contributed by atoms with E-state index in [1.54, 1.807) is 6.07 Å². The molecule has 2 aromatic rings. The van der Waals surface area contributed by atoms with Crippen LogP contribution in [0.15, 0.2) is 55.1 Å². The Hall–Kier alpha value is -2.95. The highest BCUT2D eigenvalue weighted by Gasteiger charge is 2.10. The number of rotatable bonds is 9. The number of methoxy groups -OCH3 is 1. The second kappa shape index (κ2) is 8.62. The largest absolute Gasteiger partial charge is 0.493 e. The Morgan fingerprint density at radius 1 is 1.08 bits per heavy atom. The Kier molecular flexibility index (Phi) is 6.25. The monoisotopic (exact) mass is 328 g/mol. The van der Waals surface area contributed by atoms with Gasteiger partial charge in [-0.3, -0.25) is 0 Å². The third-order valence-electron chi connectivity index (χ3n) is 3.35. The summed E-state index contributed by atoms with van der Waals surface area (Å²) in [5.74, 6) is 0.642. The summed E-state index contributed by atoms with van der Waals surface area (Å²) in [6.45, 7) is 4.41. The number of allylic oxidation sites excluding steroid dienone is 1. The molecule has 1 N–H and O–H groups in total. The van der Waals surface area contributed by atoms with Crippen molar-refractivity contribution in [2.45, 2.75) is 6.42 Å². The molecular formula is C19H20O5. The van der Waals surface area contributed by atoms with Gasteiger partial charge in [0.2, 0.25) is 0 Å². The molecule has 2 aromatic carbocycles. The zero-order chi connectivity index (χ0) is 17.4. The van der Waals surface area contributed by atoms with Crippen molar-refractivity contribution >= 4 is 5.97 Å². The Morgan fingerprint density at radius 2 is 1.79 bits per heavy atom. The summed E-state index contributed by atoms with van der Waals surface area (Å²) in [7, 11) is 1.47. The summed E-state index contributed by atoms with van der Waals surface area (Å²) >= 11 is 0. The van der Waals surface area contributed by atoms with Gasteiger partial charge in [-0.2, -0.15) is 0 Å². The number of aromatic carboxylic acids is 1. The normalized spacial score (nSPS) is 10.0. The van der Waals surface area contributed by atoms with E-state index in [1.165, 1.54) is 19.2 Å². The van der Waals surface area contributed by atoms with Gasteiger partial charge in [-0.1, -0.05) is 24.3 Å². The van der Waals surface area contributed by atoms with Crippen LogP contribution < -0.4 is 14.2 Å². The summed E-state index contributed by atoms with van der Waals surface area (Å²) in [5, 5.41) is 8.98. The minimum Gasteiger partial charge on any atom is -0.493 e. The van der Waals surface area contributed by atoms with Crippen LogP contribution in [0.2, 0.25) is 0 Å². The van der Waals surface area contributed by atoms with Gasteiger partial charge in [0.15, 0.2) is 11.5 Å². The van der Waals surface area contributed by atoms with Crippen molar-refractivity contribution in [1.82, 2.24) is 0 Å². The van der Waals surface area contributed by atoms with Crippen molar-refractivity contribution in [3.05, 3.63) is 66.2 Å². The fourth-order valence-corrected chi connectivity index (χ4v) is 2.19. The molecule has 126 valence electrons. The van der Waals surface area contributed by atoms with Gasteiger partial charge in [0.05, 0.1) is 12.7 Å². The van der Waals surface area contributed by atoms with Crippen molar-refractivity contribution in [3.63, 3.8) is 0 Å². The molecule has 0 aliphatic heterocycles. The Bertz CT molecular complexity index is 709. The summed E-state index contributed by atoms with van der Waals surface area (Å²) in [4.78, 5) is 11.0. The van der Waals surface area contributed by atoms with E-state index >= 15 is 0 Å². The molecule has 0 fully saturated rings. The average molecular weight is 328 g/mol. The number of ether oxygens (including phenoxy) is 3. The van der Waals surface area contributed by atoms with Gasteiger partial charge in [0, 0.05) is 0 Å². The highest BCUT2D eigenvalue weighted by atomic mass is 16.5. The third kappa shape index (κ3) is 4.52. The molecule has 0 aromatic heterocycles. The molecular weight excluding hydrogens is 308 g/mol. The molecule has 0 bridgehead atoms. The Balaban J connectivity index is 1.93. The molecule has 0 amide bonds. The van der Waals surface area contributed by atoms with Crippen LogP contribution in [-0.4, -0.2) is 31.4 Å². The first-order chi connectivity index (χ1) is 11.7. The lowest BCUT2D eigenvalue weighted by atomic mass is 10.1. The Morgan fingerprint density at radius 3 is 2.46 bits per heavy atom. The minimum atomic E-state index is -1.01. The van der Waals surface area contributed by atoms with Crippen LogP contribution in [0.3, 0.4) is 0 Å². The van der Waals surface area contributed by atoms with E-state index in [0.717, 1.165) is 17.7 Å². The summed E-state index contributed by atoms with van der Waals surface area (Å²) < 4.78 is 16.5. The maximum Gasteiger partial charge on any atom is 0.335 e. The van der Waals surface area contributed by atoms with Gasteiger partial charge in [-0.15, -0.1) is 6.58 Å². The molecule has 0 unspecified atom stereocenters. The topological polar surface area (TPSA) is 65.0 Å². The predicted molar refractivity (Wildman–Crippen MR) is 91.3 cm³/mol. The molecule has 0 saturated carbocycles. The van der Waals surface area contributed by atoms with Crippen molar-refractivity contribution < 1.29 is 24.1 Å². The summed E-state index contributed by atoms with van der Waals surface area (Å²) in [5.41, 5.74) is 1.21. The molecule has 0 aliphatic rings. The molecule has 5 nitrogen and oxygen atoms in total. The van der Waals surface area contributed by atoms with E-state index in [4.69, 9.17) is 19.3 Å². The zero-order valence-corrected chi connectivity index (χ0v) is 13.5. The van der Waals surface area contributed by atoms with E-state index < -0.39 is 5.97 Å². The first kappa shape index (κ1) is 17.4. The highest BCUT2D eigenvalue weighted by molar-refractivity contribution is 5.88. The van der Waals surface area contributed by atoms with Crippen molar-refractivity contribution in [2.24, 2.45) is 0 Å². The van der Waals surface area contributed by atoms with E-state index in [9.17, 15) is 4.79 Å². The maximum atomic E-state index is 11.0. The lowest BCUT2D eigenvalue weighted by molar-refractivity contribution is 0.0696. The van der Waals surface area contributed by atoms with Crippen LogP contribution in [-0.2, 0) is 6.42 Å². The molecule has 2 rings (SSSR count). The van der Waals surface area contributed by atoms with Crippen LogP contribution in [0.4, 0.5) is 0 Å². The first-order valence-corrected chi connectivity index (χ1v) is 7.51. The SMILES string of the molecule is C=CCc1ccccc1OCCOc1ccc(C(=O)O)cc1OC. The molecule has 0 heterocycles. The highest BCUT2D eigenvalue weighted by Crippen LogP contribution is 2.28. The molecule has 0 aliphatic carbocycles. The van der Waals surface area contributed by atoms with Crippen LogP contribution in [0.5, 0.6) is 17.2 Å². The number of para-hydroxylation sites is 1. The number of benzene rings is 2. The minimum absolute atomic E-state index is 0.147. The number of carboxylic acid groups (broad SMARTS) is 1. The molecule has 24 heavy (non-hydrogen) atoms. The second-order valence-electron chi connectivity index (χ2n) is 4.97. The molecule has 0 radical (unpaired) electrons. The fraction of sp³-hybridized carbons (Fsp3) is 0.211. The first-order valence-electron chi connectivity index (χ1n) is 7.51. The average Bonchev–Trinajstić information content (AvgIpc) is 2.60. The summed E-state index contributed by atoms with van der Waals surface area (Å²) in [6, 6.07) is 12.2. The van der Waals surface area contributed by atoms with Gasteiger partial charge >= 0.3 is 5.97 Å². The molecule has 0 spiro atoms. The quantitative estimate of drug-likeness (QED) is 0.563.